The molecule has 1 aromatic carbocycles. The second-order valence-electron chi connectivity index (χ2n) is 3.58. The van der Waals surface area contributed by atoms with Crippen LogP contribution in [0.15, 0.2) is 18.2 Å². The molecule has 2 nitrogen and oxygen atoms in total. The SMILES string of the molecule is CNC(C)c1cc(Cl)ccc1OCCCF. The van der Waals surface area contributed by atoms with Gasteiger partial charge in [-0.05, 0) is 32.2 Å². The van der Waals surface area contributed by atoms with Crippen LogP contribution in [0.5, 0.6) is 5.75 Å². The number of halogens is 2. The van der Waals surface area contributed by atoms with Gasteiger partial charge < -0.3 is 10.1 Å². The number of alkyl halides is 1. The predicted octanol–water partition coefficient (Wildman–Crippen LogP) is 3.36. The summed E-state index contributed by atoms with van der Waals surface area (Å²) < 4.78 is 17.5. The van der Waals surface area contributed by atoms with E-state index in [1.165, 1.54) is 0 Å². The van der Waals surface area contributed by atoms with Crippen molar-refractivity contribution in [3.8, 4) is 5.75 Å². The van der Waals surface area contributed by atoms with Crippen LogP contribution in [0.1, 0.15) is 24.9 Å². The van der Waals surface area contributed by atoms with Crippen LogP contribution < -0.4 is 10.1 Å². The average molecular weight is 246 g/mol. The molecule has 1 N–H and O–H groups in total. The molecular weight excluding hydrogens is 229 g/mol. The molecule has 1 atom stereocenters. The Kier molecular flexibility index (Phi) is 5.56. The number of nitrogens with one attached hydrogen (secondary N) is 1. The van der Waals surface area contributed by atoms with Crippen LogP contribution in [-0.2, 0) is 0 Å². The molecule has 1 aromatic rings. The molecule has 1 unspecified atom stereocenters. The Morgan fingerprint density at radius 1 is 1.50 bits per heavy atom. The molecule has 4 heteroatoms. The Morgan fingerprint density at radius 3 is 2.88 bits per heavy atom. The van der Waals surface area contributed by atoms with Gasteiger partial charge >= 0.3 is 0 Å². The van der Waals surface area contributed by atoms with Gasteiger partial charge in [0.2, 0.25) is 0 Å². The van der Waals surface area contributed by atoms with E-state index in [1.54, 1.807) is 6.07 Å². The highest BCUT2D eigenvalue weighted by Gasteiger charge is 2.10. The van der Waals surface area contributed by atoms with Gasteiger partial charge in [0.1, 0.15) is 5.75 Å². The van der Waals surface area contributed by atoms with Crippen LogP contribution in [0.3, 0.4) is 0 Å². The molecule has 0 aliphatic carbocycles. The maximum Gasteiger partial charge on any atom is 0.124 e. The first kappa shape index (κ1) is 13.3. The zero-order valence-corrected chi connectivity index (χ0v) is 10.4. The lowest BCUT2D eigenvalue weighted by atomic mass is 10.1. The minimum absolute atomic E-state index is 0.152. The molecule has 0 aromatic heterocycles. The van der Waals surface area contributed by atoms with Gasteiger partial charge in [0, 0.05) is 23.0 Å². The first-order valence-electron chi connectivity index (χ1n) is 5.34. The van der Waals surface area contributed by atoms with E-state index < -0.39 is 0 Å². The van der Waals surface area contributed by atoms with Crippen molar-refractivity contribution in [2.45, 2.75) is 19.4 Å². The fourth-order valence-electron chi connectivity index (χ4n) is 1.38. The highest BCUT2D eigenvalue weighted by atomic mass is 35.5. The van der Waals surface area contributed by atoms with Gasteiger partial charge in [0.15, 0.2) is 0 Å². The van der Waals surface area contributed by atoms with Crippen LogP contribution in [-0.4, -0.2) is 20.3 Å². The van der Waals surface area contributed by atoms with E-state index in [9.17, 15) is 4.39 Å². The summed E-state index contributed by atoms with van der Waals surface area (Å²) >= 11 is 5.94. The minimum Gasteiger partial charge on any atom is -0.493 e. The van der Waals surface area contributed by atoms with Gasteiger partial charge in [-0.3, -0.25) is 4.39 Å². The molecule has 0 aliphatic heterocycles. The molecule has 0 bridgehead atoms. The van der Waals surface area contributed by atoms with Gasteiger partial charge in [-0.25, -0.2) is 0 Å². The normalized spacial score (nSPS) is 12.5. The summed E-state index contributed by atoms with van der Waals surface area (Å²) in [5, 5.41) is 3.80. The maximum atomic E-state index is 12.0. The average Bonchev–Trinajstić information content (AvgIpc) is 2.30. The lowest BCUT2D eigenvalue weighted by Crippen LogP contribution is -2.14. The predicted molar refractivity (Wildman–Crippen MR) is 65.0 cm³/mol. The number of hydrogen-bond acceptors (Lipinski definition) is 2. The third kappa shape index (κ3) is 3.65. The molecule has 0 spiro atoms. The first-order valence-corrected chi connectivity index (χ1v) is 5.72. The monoisotopic (exact) mass is 245 g/mol. The third-order valence-corrected chi connectivity index (χ3v) is 2.64. The molecule has 90 valence electrons. The topological polar surface area (TPSA) is 21.3 Å². The highest BCUT2D eigenvalue weighted by Crippen LogP contribution is 2.28. The Morgan fingerprint density at radius 2 is 2.25 bits per heavy atom. The standard InChI is InChI=1S/C12H17ClFNO/c1-9(15-2)11-8-10(13)4-5-12(11)16-7-3-6-14/h4-5,8-9,15H,3,6-7H2,1-2H3. The number of benzene rings is 1. The number of ether oxygens (including phenoxy) is 1. The molecule has 1 rings (SSSR count). The summed E-state index contributed by atoms with van der Waals surface area (Å²) in [4.78, 5) is 0. The molecule has 0 fully saturated rings. The summed E-state index contributed by atoms with van der Waals surface area (Å²) in [5.74, 6) is 0.764. The Labute approximate surface area is 101 Å². The van der Waals surface area contributed by atoms with Gasteiger partial charge in [-0.1, -0.05) is 11.6 Å². The molecule has 0 heterocycles. The summed E-state index contributed by atoms with van der Waals surface area (Å²) in [6.45, 7) is 2.06. The van der Waals surface area contributed by atoms with E-state index in [2.05, 4.69) is 5.32 Å². The van der Waals surface area contributed by atoms with Crippen molar-refractivity contribution in [3.63, 3.8) is 0 Å². The van der Waals surface area contributed by atoms with Crippen LogP contribution in [0, 0.1) is 0 Å². The number of hydrogen-bond donors (Lipinski definition) is 1. The van der Waals surface area contributed by atoms with Crippen LogP contribution in [0.4, 0.5) is 4.39 Å². The smallest absolute Gasteiger partial charge is 0.124 e. The van der Waals surface area contributed by atoms with Crippen LogP contribution >= 0.6 is 11.6 Å². The van der Waals surface area contributed by atoms with Crippen molar-refractivity contribution < 1.29 is 9.13 Å². The van der Waals surface area contributed by atoms with E-state index >= 15 is 0 Å². The van der Waals surface area contributed by atoms with Gasteiger partial charge in [-0.15, -0.1) is 0 Å². The largest absolute Gasteiger partial charge is 0.493 e. The zero-order valence-electron chi connectivity index (χ0n) is 9.59. The molecule has 0 amide bonds. The summed E-state index contributed by atoms with van der Waals surface area (Å²) in [6, 6.07) is 5.62. The maximum absolute atomic E-state index is 12.0. The number of rotatable bonds is 6. The van der Waals surface area contributed by atoms with Crippen molar-refractivity contribution in [2.75, 3.05) is 20.3 Å². The highest BCUT2D eigenvalue weighted by molar-refractivity contribution is 6.30. The van der Waals surface area contributed by atoms with Gasteiger partial charge in [0.05, 0.1) is 13.3 Å². The van der Waals surface area contributed by atoms with E-state index in [4.69, 9.17) is 16.3 Å². The minimum atomic E-state index is -0.357. The molecule has 0 aliphatic rings. The third-order valence-electron chi connectivity index (χ3n) is 2.41. The van der Waals surface area contributed by atoms with Crippen molar-refractivity contribution in [1.82, 2.24) is 5.32 Å². The van der Waals surface area contributed by atoms with Crippen molar-refractivity contribution in [1.29, 1.82) is 0 Å². The Bertz CT molecular complexity index is 333. The second kappa shape index (κ2) is 6.71. The fourth-order valence-corrected chi connectivity index (χ4v) is 1.56. The zero-order chi connectivity index (χ0) is 12.0. The van der Waals surface area contributed by atoms with E-state index in [0.29, 0.717) is 18.1 Å². The second-order valence-corrected chi connectivity index (χ2v) is 4.02. The van der Waals surface area contributed by atoms with Crippen molar-refractivity contribution in [3.05, 3.63) is 28.8 Å². The van der Waals surface area contributed by atoms with E-state index in [1.807, 2.05) is 26.1 Å². The van der Waals surface area contributed by atoms with Gasteiger partial charge in [0.25, 0.3) is 0 Å². The van der Waals surface area contributed by atoms with Gasteiger partial charge in [-0.2, -0.15) is 0 Å². The Balaban J connectivity index is 2.80. The molecule has 0 saturated carbocycles. The Hall–Kier alpha value is -0.800. The van der Waals surface area contributed by atoms with Crippen LogP contribution in [0.2, 0.25) is 5.02 Å². The lowest BCUT2D eigenvalue weighted by Gasteiger charge is -2.16. The lowest BCUT2D eigenvalue weighted by molar-refractivity contribution is 0.285. The molecule has 0 radical (unpaired) electrons. The van der Waals surface area contributed by atoms with Crippen LogP contribution in [0.25, 0.3) is 0 Å². The fraction of sp³-hybridized carbons (Fsp3) is 0.500. The molecule has 0 saturated heterocycles. The quantitative estimate of drug-likeness (QED) is 0.776. The molecule has 16 heavy (non-hydrogen) atoms. The summed E-state index contributed by atoms with van der Waals surface area (Å²) in [5.41, 5.74) is 0.994. The van der Waals surface area contributed by atoms with E-state index in [-0.39, 0.29) is 12.7 Å². The molecular formula is C12H17ClFNO. The summed E-state index contributed by atoms with van der Waals surface area (Å²) in [7, 11) is 1.87. The summed E-state index contributed by atoms with van der Waals surface area (Å²) in [6.07, 6.45) is 0.413. The van der Waals surface area contributed by atoms with Crippen molar-refractivity contribution in [2.24, 2.45) is 0 Å². The van der Waals surface area contributed by atoms with Crippen molar-refractivity contribution >= 4 is 11.6 Å². The van der Waals surface area contributed by atoms with E-state index in [0.717, 1.165) is 11.3 Å². The first-order chi connectivity index (χ1) is 7.69.